The highest BCUT2D eigenvalue weighted by molar-refractivity contribution is 7.82. The van der Waals surface area contributed by atoms with Gasteiger partial charge < -0.3 is 23.1 Å². The van der Waals surface area contributed by atoms with E-state index >= 15 is 0 Å². The molecule has 4 aromatic rings. The van der Waals surface area contributed by atoms with Crippen molar-refractivity contribution in [2.45, 2.75) is 120 Å². The Morgan fingerprint density at radius 1 is 0.667 bits per heavy atom. The Bertz CT molecular complexity index is 1830. The van der Waals surface area contributed by atoms with Crippen molar-refractivity contribution in [2.75, 3.05) is 34.0 Å². The standard InChI is InChI=1S/C26H47NO.C20H20N2O5S2/c1-9-12-17-27(18-13-10-2)23-20-22(26(7,8)21-25(4,5)6)15-16-24(23)28-19-14-11-3;1-14-3-8-17(9-4-14)26-28(24)21-16-7-12-20(23)19(13-16)22-29(25)27-18-10-5-15(2)6-11-18/h15-16,20H,9-14,17-19,21H2,1-8H3;3-13,21-23H,1-2H3. The number of phenolic OH excluding ortho intramolecular Hbond substituents is 1. The van der Waals surface area contributed by atoms with Crippen molar-refractivity contribution in [3.8, 4) is 23.0 Å². The number of aromatic hydroxyl groups is 1. The molecule has 0 spiro atoms. The lowest BCUT2D eigenvalue weighted by Crippen LogP contribution is -2.28. The second-order valence-corrected chi connectivity index (χ2v) is 18.1. The van der Waals surface area contributed by atoms with Gasteiger partial charge in [0.25, 0.3) is 0 Å². The first-order valence-electron chi connectivity index (χ1n) is 20.3. The molecule has 2 atom stereocenters. The van der Waals surface area contributed by atoms with Gasteiger partial charge in [-0.2, -0.15) is 8.42 Å². The second kappa shape index (κ2) is 23.3. The van der Waals surface area contributed by atoms with Crippen LogP contribution in [-0.2, 0) is 27.9 Å². The minimum absolute atomic E-state index is 0.137. The SMILES string of the molecule is CCCCOc1ccc(C(C)(C)CC(C)(C)C)cc1N(CCCC)CCCC.Cc1ccc(OS(=O)Nc2ccc(O)c(NS(=O)Oc3ccc(C)cc3)c2)cc1. The molecule has 0 aliphatic heterocycles. The minimum Gasteiger partial charge on any atom is -0.506 e. The van der Waals surface area contributed by atoms with E-state index < -0.39 is 22.5 Å². The van der Waals surface area contributed by atoms with E-state index in [1.165, 1.54) is 68.0 Å². The zero-order valence-corrected chi connectivity index (χ0v) is 37.5. The monoisotopic (exact) mass is 821 g/mol. The summed E-state index contributed by atoms with van der Waals surface area (Å²) in [5.74, 6) is 1.80. The first-order valence-corrected chi connectivity index (χ1v) is 22.4. The van der Waals surface area contributed by atoms with E-state index in [0.717, 1.165) is 43.0 Å². The topological polar surface area (TPSA) is 109 Å². The third kappa shape index (κ3) is 17.0. The van der Waals surface area contributed by atoms with Gasteiger partial charge in [-0.05, 0) is 111 Å². The van der Waals surface area contributed by atoms with Gasteiger partial charge in [-0.3, -0.25) is 9.44 Å². The molecule has 2 unspecified atom stereocenters. The second-order valence-electron chi connectivity index (χ2n) is 16.4. The van der Waals surface area contributed by atoms with Crippen LogP contribution in [0.4, 0.5) is 17.1 Å². The van der Waals surface area contributed by atoms with Crippen LogP contribution in [0.15, 0.2) is 84.9 Å². The number of rotatable bonds is 21. The lowest BCUT2D eigenvalue weighted by atomic mass is 9.72. The largest absolute Gasteiger partial charge is 0.506 e. The van der Waals surface area contributed by atoms with E-state index in [1.807, 2.05) is 38.1 Å². The van der Waals surface area contributed by atoms with Gasteiger partial charge >= 0.3 is 22.5 Å². The van der Waals surface area contributed by atoms with Crippen molar-refractivity contribution in [1.82, 2.24) is 0 Å². The molecular weight excluding hydrogens is 755 g/mol. The number of hydrogen-bond acceptors (Lipinski definition) is 7. The summed E-state index contributed by atoms with van der Waals surface area (Å²) in [5, 5.41) is 9.99. The first kappa shape index (κ1) is 47.2. The van der Waals surface area contributed by atoms with Crippen LogP contribution in [0.3, 0.4) is 0 Å². The van der Waals surface area contributed by atoms with Gasteiger partial charge in [0.05, 0.1) is 23.7 Å². The number of aryl methyl sites for hydroxylation is 2. The number of ether oxygens (including phenoxy) is 1. The molecule has 4 aromatic carbocycles. The molecule has 11 heteroatoms. The van der Waals surface area contributed by atoms with Crippen molar-refractivity contribution >= 4 is 39.6 Å². The van der Waals surface area contributed by atoms with Crippen molar-refractivity contribution in [3.05, 3.63) is 102 Å². The van der Waals surface area contributed by atoms with Crippen LogP contribution >= 0.6 is 0 Å². The molecule has 4 rings (SSSR count). The summed E-state index contributed by atoms with van der Waals surface area (Å²) in [6, 6.07) is 25.5. The first-order chi connectivity index (χ1) is 27.0. The van der Waals surface area contributed by atoms with Crippen LogP contribution in [0.25, 0.3) is 0 Å². The fraction of sp³-hybridized carbons (Fsp3) is 0.478. The molecule has 57 heavy (non-hydrogen) atoms. The molecule has 0 saturated carbocycles. The highest BCUT2D eigenvalue weighted by Crippen LogP contribution is 2.40. The summed E-state index contributed by atoms with van der Waals surface area (Å²) >= 11 is -3.79. The average Bonchev–Trinajstić information content (AvgIpc) is 3.14. The molecule has 0 aliphatic carbocycles. The zero-order chi connectivity index (χ0) is 42.0. The lowest BCUT2D eigenvalue weighted by Gasteiger charge is -2.35. The fourth-order valence-electron chi connectivity index (χ4n) is 6.38. The lowest BCUT2D eigenvalue weighted by molar-refractivity contribution is 0.283. The minimum atomic E-state index is -1.94. The van der Waals surface area contributed by atoms with Gasteiger partial charge in [0.2, 0.25) is 0 Å². The van der Waals surface area contributed by atoms with Crippen molar-refractivity contribution in [3.63, 3.8) is 0 Å². The third-order valence-electron chi connectivity index (χ3n) is 9.15. The molecule has 0 heterocycles. The molecule has 3 N–H and O–H groups in total. The Labute approximate surface area is 348 Å². The van der Waals surface area contributed by atoms with E-state index in [0.29, 0.717) is 22.6 Å². The highest BCUT2D eigenvalue weighted by atomic mass is 32.2. The summed E-state index contributed by atoms with van der Waals surface area (Å²) in [4.78, 5) is 2.57. The van der Waals surface area contributed by atoms with Crippen LogP contribution < -0.4 is 27.4 Å². The normalized spacial score (nSPS) is 12.5. The van der Waals surface area contributed by atoms with Gasteiger partial charge in [0.15, 0.2) is 0 Å². The summed E-state index contributed by atoms with van der Waals surface area (Å²) in [5.41, 5.74) is 5.84. The Hall–Kier alpha value is -4.22. The molecule has 0 radical (unpaired) electrons. The van der Waals surface area contributed by atoms with Gasteiger partial charge in [0.1, 0.15) is 23.0 Å². The number of nitrogens with zero attached hydrogens (tertiary/aromatic N) is 1. The van der Waals surface area contributed by atoms with Gasteiger partial charge in [-0.1, -0.05) is 116 Å². The maximum atomic E-state index is 12.2. The Kier molecular flexibility index (Phi) is 19.2. The predicted molar refractivity (Wildman–Crippen MR) is 241 cm³/mol. The summed E-state index contributed by atoms with van der Waals surface area (Å²) in [6.07, 6.45) is 8.36. The number of phenols is 1. The molecule has 0 amide bonds. The molecule has 0 aromatic heterocycles. The van der Waals surface area contributed by atoms with Crippen LogP contribution in [-0.4, -0.2) is 33.2 Å². The van der Waals surface area contributed by atoms with E-state index in [2.05, 4.69) is 87.9 Å². The predicted octanol–water partition coefficient (Wildman–Crippen LogP) is 12.1. The molecule has 0 aliphatic rings. The molecule has 9 nitrogen and oxygen atoms in total. The zero-order valence-electron chi connectivity index (χ0n) is 35.9. The van der Waals surface area contributed by atoms with Crippen molar-refractivity contribution in [1.29, 1.82) is 0 Å². The van der Waals surface area contributed by atoms with E-state index in [-0.39, 0.29) is 16.9 Å². The quantitative estimate of drug-likeness (QED) is 0.0436. The van der Waals surface area contributed by atoms with Crippen molar-refractivity contribution < 1.29 is 26.6 Å². The summed E-state index contributed by atoms with van der Waals surface area (Å²) in [7, 11) is 0. The van der Waals surface area contributed by atoms with Crippen LogP contribution in [0.2, 0.25) is 0 Å². The average molecular weight is 822 g/mol. The number of nitrogens with one attached hydrogen (secondary N) is 2. The van der Waals surface area contributed by atoms with E-state index in [9.17, 15) is 13.5 Å². The van der Waals surface area contributed by atoms with Gasteiger partial charge in [-0.25, -0.2) is 0 Å². The Morgan fingerprint density at radius 3 is 1.70 bits per heavy atom. The number of benzene rings is 4. The summed E-state index contributed by atoms with van der Waals surface area (Å²) < 4.78 is 46.4. The molecule has 314 valence electrons. The number of hydrogen-bond donors (Lipinski definition) is 3. The van der Waals surface area contributed by atoms with Crippen LogP contribution in [0.5, 0.6) is 23.0 Å². The molecular formula is C46H67N3O6S2. The molecule has 0 fully saturated rings. The third-order valence-corrected chi connectivity index (χ3v) is 10.6. The smallest absolute Gasteiger partial charge is 0.316 e. The van der Waals surface area contributed by atoms with E-state index in [4.69, 9.17) is 13.1 Å². The van der Waals surface area contributed by atoms with Crippen molar-refractivity contribution in [2.24, 2.45) is 5.41 Å². The van der Waals surface area contributed by atoms with Crippen LogP contribution in [0, 0.1) is 19.3 Å². The summed E-state index contributed by atoms with van der Waals surface area (Å²) in [6.45, 7) is 25.5. The number of anilines is 3. The maximum absolute atomic E-state index is 12.2. The Balaban J connectivity index is 0.000000306. The van der Waals surface area contributed by atoms with Gasteiger partial charge in [0, 0.05) is 13.1 Å². The molecule has 0 saturated heterocycles. The fourth-order valence-corrected chi connectivity index (χ4v) is 7.70. The number of unbranched alkanes of at least 4 members (excludes halogenated alkanes) is 3. The van der Waals surface area contributed by atoms with E-state index in [1.54, 1.807) is 24.3 Å². The van der Waals surface area contributed by atoms with Crippen LogP contribution in [0.1, 0.15) is 117 Å². The maximum Gasteiger partial charge on any atom is 0.316 e. The van der Waals surface area contributed by atoms with Gasteiger partial charge in [-0.15, -0.1) is 0 Å². The highest BCUT2D eigenvalue weighted by Gasteiger charge is 2.28. The Morgan fingerprint density at radius 2 is 1.19 bits per heavy atom. The molecule has 0 bridgehead atoms.